The molecule has 0 aliphatic rings. The van der Waals surface area contributed by atoms with Gasteiger partial charge in [-0.3, -0.25) is 4.79 Å². The van der Waals surface area contributed by atoms with Crippen LogP contribution in [0, 0.1) is 6.92 Å². The Hall–Kier alpha value is -3.87. The molecule has 0 saturated heterocycles. The number of hydrazone groups is 1. The first-order valence-electron chi connectivity index (χ1n) is 8.47. The molecular weight excluding hydrogens is 360 g/mol. The number of amides is 1. The van der Waals surface area contributed by atoms with Crippen LogP contribution in [-0.2, 0) is 4.79 Å². The van der Waals surface area contributed by atoms with Crippen molar-refractivity contribution in [3.05, 3.63) is 83.8 Å². The van der Waals surface area contributed by atoms with Crippen molar-refractivity contribution in [1.82, 2.24) is 5.43 Å². The van der Waals surface area contributed by atoms with Gasteiger partial charge in [-0.2, -0.15) is 5.10 Å². The minimum absolute atomic E-state index is 0.126. The lowest BCUT2D eigenvalue weighted by Gasteiger charge is -2.05. The molecule has 0 fully saturated rings. The molecule has 0 bridgehead atoms. The Morgan fingerprint density at radius 1 is 1.07 bits per heavy atom. The molecule has 0 saturated carbocycles. The molecule has 1 heterocycles. The van der Waals surface area contributed by atoms with E-state index < -0.39 is 5.97 Å². The number of ether oxygens (including phenoxy) is 2. The quantitative estimate of drug-likeness (QED) is 0.295. The average molecular weight is 378 g/mol. The van der Waals surface area contributed by atoms with Crippen molar-refractivity contribution in [2.24, 2.45) is 5.10 Å². The van der Waals surface area contributed by atoms with Gasteiger partial charge in [0.2, 0.25) is 5.76 Å². The molecule has 0 unspecified atom stereocenters. The summed E-state index contributed by atoms with van der Waals surface area (Å²) in [5, 5.41) is 3.88. The zero-order chi connectivity index (χ0) is 19.8. The fourth-order valence-electron chi connectivity index (χ4n) is 2.24. The van der Waals surface area contributed by atoms with E-state index in [-0.39, 0.29) is 18.3 Å². The highest BCUT2D eigenvalue weighted by molar-refractivity contribution is 5.88. The van der Waals surface area contributed by atoms with Crippen LogP contribution in [0.5, 0.6) is 11.5 Å². The third kappa shape index (κ3) is 5.57. The lowest BCUT2D eigenvalue weighted by molar-refractivity contribution is -0.123. The molecule has 28 heavy (non-hydrogen) atoms. The van der Waals surface area contributed by atoms with Gasteiger partial charge in [0.1, 0.15) is 11.5 Å². The van der Waals surface area contributed by atoms with Crippen LogP contribution >= 0.6 is 0 Å². The Morgan fingerprint density at radius 3 is 2.61 bits per heavy atom. The van der Waals surface area contributed by atoms with Crippen molar-refractivity contribution < 1.29 is 23.5 Å². The van der Waals surface area contributed by atoms with Gasteiger partial charge >= 0.3 is 5.97 Å². The molecule has 0 spiro atoms. The van der Waals surface area contributed by atoms with E-state index in [1.165, 1.54) is 18.5 Å². The minimum atomic E-state index is -0.577. The van der Waals surface area contributed by atoms with Crippen LogP contribution in [0.3, 0.4) is 0 Å². The van der Waals surface area contributed by atoms with Gasteiger partial charge in [0.15, 0.2) is 6.61 Å². The van der Waals surface area contributed by atoms with Crippen LogP contribution in [0.15, 0.2) is 76.4 Å². The first kappa shape index (κ1) is 18.9. The van der Waals surface area contributed by atoms with E-state index in [4.69, 9.17) is 13.9 Å². The summed E-state index contributed by atoms with van der Waals surface area (Å²) in [5.41, 5.74) is 4.16. The molecule has 0 atom stereocenters. The van der Waals surface area contributed by atoms with Gasteiger partial charge in [-0.15, -0.1) is 0 Å². The highest BCUT2D eigenvalue weighted by atomic mass is 16.5. The van der Waals surface area contributed by atoms with E-state index in [1.54, 1.807) is 36.4 Å². The summed E-state index contributed by atoms with van der Waals surface area (Å²) in [4.78, 5) is 23.6. The van der Waals surface area contributed by atoms with Crippen molar-refractivity contribution in [2.75, 3.05) is 6.61 Å². The van der Waals surface area contributed by atoms with E-state index in [0.29, 0.717) is 11.5 Å². The summed E-state index contributed by atoms with van der Waals surface area (Å²) in [6.45, 7) is 1.81. The molecule has 2 aromatic carbocycles. The SMILES string of the molecule is Cc1cccc(OCC(=O)N/N=C/c2ccc(OC(=O)c3ccco3)cc2)c1. The van der Waals surface area contributed by atoms with E-state index in [0.717, 1.165) is 11.1 Å². The van der Waals surface area contributed by atoms with E-state index in [2.05, 4.69) is 10.5 Å². The molecular formula is C21H18N2O5. The summed E-state index contributed by atoms with van der Waals surface area (Å²) in [7, 11) is 0. The van der Waals surface area contributed by atoms with Gasteiger partial charge in [-0.05, 0) is 66.6 Å². The Bertz CT molecular complexity index is 963. The largest absolute Gasteiger partial charge is 0.484 e. The molecule has 1 amide bonds. The molecule has 1 N–H and O–H groups in total. The fourth-order valence-corrected chi connectivity index (χ4v) is 2.24. The number of carbonyl (C=O) groups excluding carboxylic acids is 2. The van der Waals surface area contributed by atoms with Crippen LogP contribution in [0.1, 0.15) is 21.7 Å². The zero-order valence-electron chi connectivity index (χ0n) is 15.1. The van der Waals surface area contributed by atoms with Crippen LogP contribution in [-0.4, -0.2) is 24.7 Å². The minimum Gasteiger partial charge on any atom is -0.484 e. The van der Waals surface area contributed by atoms with Gasteiger partial charge in [0.05, 0.1) is 12.5 Å². The topological polar surface area (TPSA) is 90.1 Å². The van der Waals surface area contributed by atoms with Crippen LogP contribution in [0.25, 0.3) is 0 Å². The summed E-state index contributed by atoms with van der Waals surface area (Å²) in [6.07, 6.45) is 2.87. The standard InChI is InChI=1S/C21H18N2O5/c1-15-4-2-5-18(12-15)27-14-20(24)23-22-13-16-7-9-17(10-8-16)28-21(25)19-6-3-11-26-19/h2-13H,14H2,1H3,(H,23,24)/b22-13+. The number of benzene rings is 2. The fraction of sp³-hybridized carbons (Fsp3) is 0.0952. The first-order valence-corrected chi connectivity index (χ1v) is 8.47. The second-order valence-corrected chi connectivity index (χ2v) is 5.83. The van der Waals surface area contributed by atoms with Gasteiger partial charge in [0.25, 0.3) is 5.91 Å². The highest BCUT2D eigenvalue weighted by Crippen LogP contribution is 2.14. The van der Waals surface area contributed by atoms with E-state index in [9.17, 15) is 9.59 Å². The third-order valence-electron chi connectivity index (χ3n) is 3.58. The number of hydrogen-bond acceptors (Lipinski definition) is 6. The Kier molecular flexibility index (Phi) is 6.20. The van der Waals surface area contributed by atoms with Crippen molar-refractivity contribution in [3.63, 3.8) is 0 Å². The molecule has 1 aromatic heterocycles. The summed E-state index contributed by atoms with van der Waals surface area (Å²) < 4.78 is 15.5. The van der Waals surface area contributed by atoms with Crippen molar-refractivity contribution in [1.29, 1.82) is 0 Å². The second-order valence-electron chi connectivity index (χ2n) is 5.83. The lowest BCUT2D eigenvalue weighted by atomic mass is 10.2. The summed E-state index contributed by atoms with van der Waals surface area (Å²) in [6, 6.07) is 17.2. The molecule has 3 rings (SSSR count). The maximum atomic E-state index is 11.8. The monoisotopic (exact) mass is 378 g/mol. The van der Waals surface area contributed by atoms with Crippen molar-refractivity contribution in [2.45, 2.75) is 6.92 Å². The van der Waals surface area contributed by atoms with Gasteiger partial charge in [-0.1, -0.05) is 12.1 Å². The predicted molar refractivity (Wildman–Crippen MR) is 103 cm³/mol. The number of carbonyl (C=O) groups is 2. The number of esters is 1. The number of furan rings is 1. The van der Waals surface area contributed by atoms with E-state index >= 15 is 0 Å². The Morgan fingerprint density at radius 2 is 1.89 bits per heavy atom. The molecule has 142 valence electrons. The van der Waals surface area contributed by atoms with E-state index in [1.807, 2.05) is 25.1 Å². The summed E-state index contributed by atoms with van der Waals surface area (Å²) >= 11 is 0. The average Bonchev–Trinajstić information content (AvgIpc) is 3.23. The van der Waals surface area contributed by atoms with Gasteiger partial charge in [-0.25, -0.2) is 10.2 Å². The summed E-state index contributed by atoms with van der Waals surface area (Å²) in [5.74, 6) is 0.170. The number of nitrogens with zero attached hydrogens (tertiary/aromatic N) is 1. The molecule has 0 aliphatic heterocycles. The maximum Gasteiger partial charge on any atom is 0.379 e. The van der Waals surface area contributed by atoms with Crippen LogP contribution < -0.4 is 14.9 Å². The zero-order valence-corrected chi connectivity index (χ0v) is 15.1. The number of aryl methyl sites for hydroxylation is 1. The van der Waals surface area contributed by atoms with Gasteiger partial charge in [0, 0.05) is 0 Å². The Balaban J connectivity index is 1.45. The highest BCUT2D eigenvalue weighted by Gasteiger charge is 2.10. The third-order valence-corrected chi connectivity index (χ3v) is 3.58. The van der Waals surface area contributed by atoms with Crippen LogP contribution in [0.2, 0.25) is 0 Å². The first-order chi connectivity index (χ1) is 13.6. The second kappa shape index (κ2) is 9.18. The number of nitrogens with one attached hydrogen (secondary N) is 1. The van der Waals surface area contributed by atoms with Gasteiger partial charge < -0.3 is 13.9 Å². The molecule has 7 nitrogen and oxygen atoms in total. The smallest absolute Gasteiger partial charge is 0.379 e. The molecule has 3 aromatic rings. The lowest BCUT2D eigenvalue weighted by Crippen LogP contribution is -2.24. The Labute approximate surface area is 161 Å². The molecule has 0 aliphatic carbocycles. The van der Waals surface area contributed by atoms with Crippen molar-refractivity contribution >= 4 is 18.1 Å². The number of rotatable bonds is 7. The molecule has 7 heteroatoms. The normalized spacial score (nSPS) is 10.6. The maximum absolute atomic E-state index is 11.8. The van der Waals surface area contributed by atoms with Crippen molar-refractivity contribution in [3.8, 4) is 11.5 Å². The van der Waals surface area contributed by atoms with Crippen LogP contribution in [0.4, 0.5) is 0 Å². The molecule has 0 radical (unpaired) electrons. The number of hydrogen-bond donors (Lipinski definition) is 1. The predicted octanol–water partition coefficient (Wildman–Crippen LogP) is 3.34.